The van der Waals surface area contributed by atoms with Crippen LogP contribution in [0, 0.1) is 3.57 Å². The van der Waals surface area contributed by atoms with Crippen LogP contribution >= 0.6 is 22.6 Å². The summed E-state index contributed by atoms with van der Waals surface area (Å²) in [4.78, 5) is 4.65. The quantitative estimate of drug-likeness (QED) is 0.446. The van der Waals surface area contributed by atoms with Crippen molar-refractivity contribution < 1.29 is 13.0 Å². The summed E-state index contributed by atoms with van der Waals surface area (Å²) in [6.07, 6.45) is 2.02. The average molecular weight is 421 g/mol. The van der Waals surface area contributed by atoms with E-state index in [-0.39, 0.29) is 11.2 Å². The van der Waals surface area contributed by atoms with Crippen LogP contribution in [0.5, 0.6) is 0 Å². The summed E-state index contributed by atoms with van der Waals surface area (Å²) < 4.78 is 31.5. The third-order valence-corrected chi connectivity index (χ3v) is 5.95. The summed E-state index contributed by atoms with van der Waals surface area (Å²) in [5.41, 5.74) is 4.59. The molecule has 21 heavy (non-hydrogen) atoms. The average Bonchev–Trinajstić information content (AvgIpc) is 2.58. The molecule has 1 N–H and O–H groups in total. The Morgan fingerprint density at radius 1 is 1.29 bits per heavy atom. The van der Waals surface area contributed by atoms with E-state index in [0.717, 1.165) is 24.2 Å². The van der Waals surface area contributed by atoms with E-state index in [1.54, 1.807) is 0 Å². The highest BCUT2D eigenvalue weighted by molar-refractivity contribution is 14.1. The second-order valence-electron chi connectivity index (χ2n) is 5.99. The zero-order valence-corrected chi connectivity index (χ0v) is 15.5. The van der Waals surface area contributed by atoms with E-state index < -0.39 is 10.1 Å². The van der Waals surface area contributed by atoms with Crippen molar-refractivity contribution >= 4 is 44.1 Å². The summed E-state index contributed by atoms with van der Waals surface area (Å²) in [5, 5.41) is 0. The molecular weight excluding hydrogens is 401 g/mol. The Morgan fingerprint density at radius 2 is 1.95 bits per heavy atom. The summed E-state index contributed by atoms with van der Waals surface area (Å²) in [6.45, 7) is 6.40. The lowest BCUT2D eigenvalue weighted by atomic mass is 9.79. The number of rotatable bonds is 5. The molecule has 0 atom stereocenters. The molecule has 1 aromatic rings. The van der Waals surface area contributed by atoms with Gasteiger partial charge in [-0.1, -0.05) is 13.8 Å². The van der Waals surface area contributed by atoms with Gasteiger partial charge in [-0.15, -0.1) is 0 Å². The van der Waals surface area contributed by atoms with Crippen molar-refractivity contribution in [3.8, 4) is 0 Å². The fourth-order valence-corrected chi connectivity index (χ4v) is 4.02. The van der Waals surface area contributed by atoms with Crippen molar-refractivity contribution in [2.45, 2.75) is 45.4 Å². The number of unbranched alkanes of at least 4 members (excludes halogenated alkanes) is 1. The smallest absolute Gasteiger partial charge is 0.264 e. The van der Waals surface area contributed by atoms with Gasteiger partial charge in [-0.05, 0) is 72.0 Å². The molecular formula is C15H20INO3S. The predicted octanol–water partition coefficient (Wildman–Crippen LogP) is 3.89. The molecule has 0 bridgehead atoms. The fourth-order valence-electron chi connectivity index (χ4n) is 2.73. The van der Waals surface area contributed by atoms with Gasteiger partial charge < -0.3 is 0 Å². The lowest BCUT2D eigenvalue weighted by molar-refractivity contribution is 0.480. The number of hydrogen-bond donors (Lipinski definition) is 1. The van der Waals surface area contributed by atoms with Gasteiger partial charge in [0, 0.05) is 14.7 Å². The van der Waals surface area contributed by atoms with E-state index in [1.807, 2.05) is 0 Å². The van der Waals surface area contributed by atoms with Crippen LogP contribution < -0.4 is 0 Å². The number of hydrogen-bond acceptors (Lipinski definition) is 3. The Balaban J connectivity index is 2.21. The Morgan fingerprint density at radius 3 is 2.57 bits per heavy atom. The van der Waals surface area contributed by atoms with Gasteiger partial charge in [0.1, 0.15) is 0 Å². The molecule has 0 fully saturated rings. The summed E-state index contributed by atoms with van der Waals surface area (Å²) in [7, 11) is -3.86. The number of aliphatic imine (C=N–C) groups is 1. The maximum Gasteiger partial charge on any atom is 0.264 e. The van der Waals surface area contributed by atoms with Gasteiger partial charge in [-0.3, -0.25) is 9.55 Å². The first-order chi connectivity index (χ1) is 9.63. The molecule has 1 aliphatic heterocycles. The zero-order chi connectivity index (χ0) is 15.8. The van der Waals surface area contributed by atoms with Crippen molar-refractivity contribution in [2.75, 3.05) is 5.75 Å². The molecule has 0 amide bonds. The van der Waals surface area contributed by atoms with Crippen LogP contribution in [-0.4, -0.2) is 24.4 Å². The standard InChI is InChI=1S/C15H20INO3S/c1-10-15(2,3)14-11(6-4-5-9-21(18,19)20)12(16)7-8-13(14)17-10/h7-8H,4-6,9H2,1-3H3,(H,18,19,20). The molecule has 0 saturated heterocycles. The molecule has 0 aromatic heterocycles. The second-order valence-corrected chi connectivity index (χ2v) is 8.72. The second kappa shape index (κ2) is 5.96. The minimum atomic E-state index is -3.86. The molecule has 1 aliphatic rings. The van der Waals surface area contributed by atoms with Crippen molar-refractivity contribution in [1.29, 1.82) is 0 Å². The molecule has 0 unspecified atom stereocenters. The van der Waals surface area contributed by atoms with Gasteiger partial charge in [-0.2, -0.15) is 8.42 Å². The Bertz CT molecular complexity index is 693. The third-order valence-electron chi connectivity index (χ3n) is 4.13. The van der Waals surface area contributed by atoms with Crippen LogP contribution in [0.2, 0.25) is 0 Å². The third kappa shape index (κ3) is 3.65. The largest absolute Gasteiger partial charge is 0.286 e. The van der Waals surface area contributed by atoms with E-state index in [9.17, 15) is 8.42 Å². The van der Waals surface area contributed by atoms with Crippen LogP contribution in [0.1, 0.15) is 44.7 Å². The van der Waals surface area contributed by atoms with E-state index in [2.05, 4.69) is 60.5 Å². The van der Waals surface area contributed by atoms with E-state index in [1.165, 1.54) is 14.7 Å². The van der Waals surface area contributed by atoms with Crippen molar-refractivity contribution in [3.05, 3.63) is 26.8 Å². The molecule has 0 saturated carbocycles. The number of fused-ring (bicyclic) bond motifs is 1. The highest BCUT2D eigenvalue weighted by Crippen LogP contribution is 2.43. The first-order valence-electron chi connectivity index (χ1n) is 6.96. The highest BCUT2D eigenvalue weighted by atomic mass is 127. The van der Waals surface area contributed by atoms with E-state index >= 15 is 0 Å². The maximum absolute atomic E-state index is 10.8. The minimum Gasteiger partial charge on any atom is -0.286 e. The van der Waals surface area contributed by atoms with Gasteiger partial charge in [0.2, 0.25) is 0 Å². The normalized spacial score (nSPS) is 16.7. The molecule has 1 heterocycles. The Labute approximate surface area is 139 Å². The monoisotopic (exact) mass is 421 g/mol. The first-order valence-corrected chi connectivity index (χ1v) is 9.64. The molecule has 4 nitrogen and oxygen atoms in total. The predicted molar refractivity (Wildman–Crippen MR) is 94.3 cm³/mol. The molecule has 116 valence electrons. The highest BCUT2D eigenvalue weighted by Gasteiger charge is 2.34. The molecule has 1 aromatic carbocycles. The maximum atomic E-state index is 10.8. The van der Waals surface area contributed by atoms with Gasteiger partial charge >= 0.3 is 0 Å². The topological polar surface area (TPSA) is 66.7 Å². The Kier molecular flexibility index (Phi) is 4.80. The van der Waals surface area contributed by atoms with Crippen LogP contribution in [-0.2, 0) is 22.0 Å². The van der Waals surface area contributed by atoms with Gasteiger partial charge in [0.25, 0.3) is 10.1 Å². The van der Waals surface area contributed by atoms with Crippen molar-refractivity contribution in [3.63, 3.8) is 0 Å². The van der Waals surface area contributed by atoms with Crippen molar-refractivity contribution in [1.82, 2.24) is 0 Å². The summed E-state index contributed by atoms with van der Waals surface area (Å²) in [5.74, 6) is -0.169. The van der Waals surface area contributed by atoms with Crippen LogP contribution in [0.25, 0.3) is 0 Å². The van der Waals surface area contributed by atoms with Gasteiger partial charge in [0.05, 0.1) is 11.4 Å². The fraction of sp³-hybridized carbons (Fsp3) is 0.533. The van der Waals surface area contributed by atoms with Crippen LogP contribution in [0.3, 0.4) is 0 Å². The number of nitrogens with zero attached hydrogens (tertiary/aromatic N) is 1. The lowest BCUT2D eigenvalue weighted by Gasteiger charge is -2.24. The van der Waals surface area contributed by atoms with Crippen LogP contribution in [0.4, 0.5) is 5.69 Å². The Hall–Kier alpha value is -0.470. The molecule has 6 heteroatoms. The first kappa shape index (κ1) is 16.9. The summed E-state index contributed by atoms with van der Waals surface area (Å²) in [6, 6.07) is 4.12. The SMILES string of the molecule is CC1=Nc2ccc(I)c(CCCCS(=O)(=O)O)c2C1(C)C. The number of halogens is 1. The molecule has 2 rings (SSSR count). The molecule has 0 spiro atoms. The zero-order valence-electron chi connectivity index (χ0n) is 12.5. The lowest BCUT2D eigenvalue weighted by Crippen LogP contribution is -2.24. The number of benzene rings is 1. The molecule has 0 radical (unpaired) electrons. The minimum absolute atomic E-state index is 0.0745. The van der Waals surface area contributed by atoms with Gasteiger partial charge in [-0.25, -0.2) is 0 Å². The molecule has 0 aliphatic carbocycles. The van der Waals surface area contributed by atoms with Crippen LogP contribution in [0.15, 0.2) is 17.1 Å². The van der Waals surface area contributed by atoms with Gasteiger partial charge in [0.15, 0.2) is 0 Å². The van der Waals surface area contributed by atoms with Crippen molar-refractivity contribution in [2.24, 2.45) is 4.99 Å². The van der Waals surface area contributed by atoms with E-state index in [4.69, 9.17) is 4.55 Å². The summed E-state index contributed by atoms with van der Waals surface area (Å²) >= 11 is 2.33. The van der Waals surface area contributed by atoms with E-state index in [0.29, 0.717) is 6.42 Å².